The largest absolute Gasteiger partial charge is 0.490 e. The number of hydrogen-bond donors (Lipinski definition) is 4. The number of amides is 1. The van der Waals surface area contributed by atoms with E-state index >= 15 is 0 Å². The number of nitrogens with zero attached hydrogens (tertiary/aromatic N) is 2. The summed E-state index contributed by atoms with van der Waals surface area (Å²) < 4.78 is 31.7. The third kappa shape index (κ3) is 5.83. The molecule has 0 unspecified atom stereocenters. The normalized spacial score (nSPS) is 10.2. The zero-order valence-electron chi connectivity index (χ0n) is 8.90. The number of nitrogens with one attached hydrogen (secondary N) is 1. The highest BCUT2D eigenvalue weighted by atomic mass is 35.5. The smallest absolute Gasteiger partial charge is 0.475 e. The Labute approximate surface area is 108 Å². The number of halogens is 4. The predicted molar refractivity (Wildman–Crippen MR) is 57.1 cm³/mol. The maximum atomic E-state index is 10.7. The van der Waals surface area contributed by atoms with E-state index in [4.69, 9.17) is 33.1 Å². The lowest BCUT2D eigenvalue weighted by Gasteiger charge is -2.02. The van der Waals surface area contributed by atoms with Crippen molar-refractivity contribution in [2.75, 3.05) is 5.43 Å². The van der Waals surface area contributed by atoms with Gasteiger partial charge in [-0.3, -0.25) is 4.79 Å². The topological polar surface area (TPSA) is 144 Å². The van der Waals surface area contributed by atoms with Crippen molar-refractivity contribution in [3.63, 3.8) is 0 Å². The fraction of sp³-hybridized carbons (Fsp3) is 0.143. The van der Waals surface area contributed by atoms with E-state index in [1.54, 1.807) is 0 Å². The molecule has 0 aliphatic heterocycles. The Morgan fingerprint density at radius 1 is 1.37 bits per heavy atom. The first-order valence-electron chi connectivity index (χ1n) is 4.19. The summed E-state index contributed by atoms with van der Waals surface area (Å²) in [5.74, 6) is 1.71. The number of carboxylic acids is 1. The minimum atomic E-state index is -5.08. The summed E-state index contributed by atoms with van der Waals surface area (Å²) in [6.07, 6.45) is -5.08. The highest BCUT2D eigenvalue weighted by Crippen LogP contribution is 2.13. The third-order valence-corrected chi connectivity index (χ3v) is 1.59. The molecule has 0 spiro atoms. The minimum absolute atomic E-state index is 0.0859. The average molecular weight is 302 g/mol. The molecule has 0 aliphatic carbocycles. The van der Waals surface area contributed by atoms with Gasteiger partial charge in [0.2, 0.25) is 0 Å². The number of aliphatic carboxylic acids is 1. The second-order valence-electron chi connectivity index (χ2n) is 2.74. The van der Waals surface area contributed by atoms with E-state index in [1.807, 2.05) is 0 Å². The number of carboxylic acid groups (broad SMARTS) is 1. The Morgan fingerprint density at radius 2 is 1.84 bits per heavy atom. The molecule has 0 atom stereocenters. The number of carbonyl (C=O) groups excluding carboxylic acids is 1. The van der Waals surface area contributed by atoms with Crippen LogP contribution in [0, 0.1) is 0 Å². The number of anilines is 1. The molecule has 1 aromatic heterocycles. The average Bonchev–Trinajstić information content (AvgIpc) is 2.28. The van der Waals surface area contributed by atoms with Gasteiger partial charge in [-0.15, -0.1) is 10.2 Å². The van der Waals surface area contributed by atoms with Gasteiger partial charge in [-0.2, -0.15) is 13.2 Å². The van der Waals surface area contributed by atoms with Gasteiger partial charge in [-0.05, 0) is 6.07 Å². The molecule has 0 saturated heterocycles. The maximum absolute atomic E-state index is 10.7. The summed E-state index contributed by atoms with van der Waals surface area (Å²) in [6, 6.07) is 1.28. The summed E-state index contributed by atoms with van der Waals surface area (Å²) in [5, 5.41) is 14.2. The second kappa shape index (κ2) is 6.70. The first kappa shape index (κ1) is 16.9. The van der Waals surface area contributed by atoms with E-state index in [9.17, 15) is 18.0 Å². The summed E-state index contributed by atoms with van der Waals surface area (Å²) >= 11 is 5.47. The van der Waals surface area contributed by atoms with Crippen LogP contribution in [-0.2, 0) is 4.79 Å². The van der Waals surface area contributed by atoms with Crippen LogP contribution in [0.4, 0.5) is 19.0 Å². The van der Waals surface area contributed by atoms with Crippen molar-refractivity contribution in [1.82, 2.24) is 10.2 Å². The molecule has 1 heterocycles. The Kier molecular flexibility index (Phi) is 5.95. The molecular formula is C7H7ClF3N5O3. The fourth-order valence-corrected chi connectivity index (χ4v) is 0.809. The SMILES string of the molecule is NNc1nnc(Cl)cc1C(N)=O.O=C(O)C(F)(F)F. The van der Waals surface area contributed by atoms with Gasteiger partial charge in [-0.25, -0.2) is 10.6 Å². The van der Waals surface area contributed by atoms with E-state index in [-0.39, 0.29) is 16.5 Å². The van der Waals surface area contributed by atoms with Crippen LogP contribution in [0.5, 0.6) is 0 Å². The van der Waals surface area contributed by atoms with Gasteiger partial charge in [0.25, 0.3) is 5.91 Å². The van der Waals surface area contributed by atoms with Crippen LogP contribution >= 0.6 is 11.6 Å². The van der Waals surface area contributed by atoms with Gasteiger partial charge in [-0.1, -0.05) is 11.6 Å². The molecule has 0 aliphatic rings. The van der Waals surface area contributed by atoms with Gasteiger partial charge in [0.1, 0.15) is 0 Å². The van der Waals surface area contributed by atoms with Crippen LogP contribution in [0.25, 0.3) is 0 Å². The zero-order chi connectivity index (χ0) is 15.2. The molecule has 19 heavy (non-hydrogen) atoms. The van der Waals surface area contributed by atoms with E-state index in [2.05, 4.69) is 15.6 Å². The second-order valence-corrected chi connectivity index (χ2v) is 3.13. The van der Waals surface area contributed by atoms with E-state index in [0.717, 1.165) is 0 Å². The summed E-state index contributed by atoms with van der Waals surface area (Å²) in [6.45, 7) is 0. The predicted octanol–water partition coefficient (Wildman–Crippen LogP) is 0.148. The fourth-order valence-electron chi connectivity index (χ4n) is 0.662. The van der Waals surface area contributed by atoms with Crippen LogP contribution in [0.15, 0.2) is 6.07 Å². The maximum Gasteiger partial charge on any atom is 0.490 e. The highest BCUT2D eigenvalue weighted by Gasteiger charge is 2.38. The molecule has 106 valence electrons. The van der Waals surface area contributed by atoms with Crippen molar-refractivity contribution in [2.24, 2.45) is 11.6 Å². The molecule has 0 aromatic carbocycles. The molecule has 8 nitrogen and oxygen atoms in total. The monoisotopic (exact) mass is 301 g/mol. The number of aromatic nitrogens is 2. The number of nitrogen functional groups attached to an aromatic ring is 1. The van der Waals surface area contributed by atoms with E-state index in [0.29, 0.717) is 0 Å². The van der Waals surface area contributed by atoms with Crippen molar-refractivity contribution in [2.45, 2.75) is 6.18 Å². The van der Waals surface area contributed by atoms with Gasteiger partial charge in [0.05, 0.1) is 5.56 Å². The number of carbonyl (C=O) groups is 2. The first-order chi connectivity index (χ1) is 8.59. The lowest BCUT2D eigenvalue weighted by Crippen LogP contribution is -2.21. The Hall–Kier alpha value is -2.14. The summed E-state index contributed by atoms with van der Waals surface area (Å²) in [7, 11) is 0. The van der Waals surface area contributed by atoms with Crippen LogP contribution in [-0.4, -0.2) is 33.4 Å². The molecule has 0 fully saturated rings. The summed E-state index contributed by atoms with van der Waals surface area (Å²) in [4.78, 5) is 19.6. The summed E-state index contributed by atoms with van der Waals surface area (Å²) in [5.41, 5.74) is 7.28. The highest BCUT2D eigenvalue weighted by molar-refractivity contribution is 6.29. The van der Waals surface area contributed by atoms with Crippen molar-refractivity contribution in [1.29, 1.82) is 0 Å². The van der Waals surface area contributed by atoms with Crippen LogP contribution in [0.3, 0.4) is 0 Å². The molecule has 6 N–H and O–H groups in total. The Morgan fingerprint density at radius 3 is 2.16 bits per heavy atom. The number of primary amides is 1. The number of rotatable bonds is 2. The third-order valence-electron chi connectivity index (χ3n) is 1.41. The molecular weight excluding hydrogens is 295 g/mol. The number of nitrogens with two attached hydrogens (primary N) is 2. The first-order valence-corrected chi connectivity index (χ1v) is 4.57. The Balaban J connectivity index is 0.000000399. The van der Waals surface area contributed by atoms with Crippen molar-refractivity contribution < 1.29 is 27.9 Å². The molecule has 1 rings (SSSR count). The van der Waals surface area contributed by atoms with E-state index in [1.165, 1.54) is 6.07 Å². The van der Waals surface area contributed by atoms with Gasteiger partial charge >= 0.3 is 12.1 Å². The molecule has 0 saturated carbocycles. The van der Waals surface area contributed by atoms with E-state index < -0.39 is 18.1 Å². The van der Waals surface area contributed by atoms with Crippen LogP contribution in [0.2, 0.25) is 5.15 Å². The standard InChI is InChI=1S/C5H6ClN5O.C2HF3O2/c6-3-1-2(4(7)12)5(9-8)11-10-3;3-2(4,5)1(6)7/h1H,8H2,(H2,7,12)(H,9,11);(H,6,7). The van der Waals surface area contributed by atoms with Crippen molar-refractivity contribution >= 4 is 29.3 Å². The number of hydrazine groups is 1. The van der Waals surface area contributed by atoms with Crippen molar-refractivity contribution in [3.05, 3.63) is 16.8 Å². The Bertz CT molecular complexity index is 482. The molecule has 1 aromatic rings. The lowest BCUT2D eigenvalue weighted by atomic mass is 10.3. The molecule has 1 amide bonds. The lowest BCUT2D eigenvalue weighted by molar-refractivity contribution is -0.192. The number of alkyl halides is 3. The zero-order valence-corrected chi connectivity index (χ0v) is 9.66. The number of hydrogen-bond acceptors (Lipinski definition) is 6. The van der Waals surface area contributed by atoms with Crippen molar-refractivity contribution in [3.8, 4) is 0 Å². The van der Waals surface area contributed by atoms with Gasteiger partial charge in [0.15, 0.2) is 11.0 Å². The van der Waals surface area contributed by atoms with Crippen LogP contribution < -0.4 is 17.0 Å². The quantitative estimate of drug-likeness (QED) is 0.449. The molecule has 0 radical (unpaired) electrons. The molecule has 0 bridgehead atoms. The van der Waals surface area contributed by atoms with Crippen LogP contribution in [0.1, 0.15) is 10.4 Å². The van der Waals surface area contributed by atoms with Gasteiger partial charge in [0, 0.05) is 0 Å². The molecule has 12 heteroatoms. The van der Waals surface area contributed by atoms with Gasteiger partial charge < -0.3 is 16.3 Å². The minimum Gasteiger partial charge on any atom is -0.475 e.